The van der Waals surface area contributed by atoms with Gasteiger partial charge in [-0.25, -0.2) is 4.79 Å². The van der Waals surface area contributed by atoms with Gasteiger partial charge in [0.15, 0.2) is 5.54 Å². The highest BCUT2D eigenvalue weighted by Gasteiger charge is 2.51. The van der Waals surface area contributed by atoms with E-state index >= 15 is 0 Å². The first-order valence-electron chi connectivity index (χ1n) is 8.43. The van der Waals surface area contributed by atoms with E-state index in [-0.39, 0.29) is 30.3 Å². The van der Waals surface area contributed by atoms with Crippen LogP contribution in [0.2, 0.25) is 0 Å². The third kappa shape index (κ3) is 2.78. The summed E-state index contributed by atoms with van der Waals surface area (Å²) < 4.78 is 5.80. The lowest BCUT2D eigenvalue weighted by molar-refractivity contribution is -0.124. The van der Waals surface area contributed by atoms with Crippen LogP contribution in [-0.4, -0.2) is 41.5 Å². The standard InChI is InChI=1S/C19H16BrN3O5/c1-28-12-4-2-10-8-23(16(25)13(10)7-12)9-19(17(26)21-18(27)22-19)14-6-11(20)3-5-15(14)24/h2-7,24H,8-9H2,1H3,(H2,21,22,26,27)/t19-/m0/s1. The second-order valence-corrected chi connectivity index (χ2v) is 7.58. The van der Waals surface area contributed by atoms with E-state index in [1.165, 1.54) is 18.1 Å². The molecule has 3 N–H and O–H groups in total. The number of phenolic OH excluding ortho intramolecular Hbond substituents is 1. The minimum Gasteiger partial charge on any atom is -0.508 e. The van der Waals surface area contributed by atoms with Crippen LogP contribution in [0, 0.1) is 0 Å². The van der Waals surface area contributed by atoms with Gasteiger partial charge in [-0.3, -0.25) is 14.9 Å². The van der Waals surface area contributed by atoms with Crippen LogP contribution < -0.4 is 15.4 Å². The van der Waals surface area contributed by atoms with Crippen molar-refractivity contribution < 1.29 is 24.2 Å². The van der Waals surface area contributed by atoms with E-state index < -0.39 is 17.5 Å². The van der Waals surface area contributed by atoms with Crippen LogP contribution in [0.1, 0.15) is 21.5 Å². The van der Waals surface area contributed by atoms with Crippen LogP contribution in [0.25, 0.3) is 0 Å². The lowest BCUT2D eigenvalue weighted by Crippen LogP contribution is -2.52. The topological polar surface area (TPSA) is 108 Å². The van der Waals surface area contributed by atoms with Gasteiger partial charge < -0.3 is 20.1 Å². The molecule has 2 heterocycles. The Bertz CT molecular complexity index is 1020. The summed E-state index contributed by atoms with van der Waals surface area (Å²) in [6.07, 6.45) is 0. The number of nitrogens with zero attached hydrogens (tertiary/aromatic N) is 1. The van der Waals surface area contributed by atoms with Gasteiger partial charge in [-0.05, 0) is 35.9 Å². The number of nitrogens with one attached hydrogen (secondary N) is 2. The number of imide groups is 1. The van der Waals surface area contributed by atoms with Gasteiger partial charge in [-0.1, -0.05) is 22.0 Å². The predicted octanol–water partition coefficient (Wildman–Crippen LogP) is 1.85. The van der Waals surface area contributed by atoms with E-state index in [1.807, 2.05) is 0 Å². The highest BCUT2D eigenvalue weighted by atomic mass is 79.9. The Balaban J connectivity index is 1.74. The molecule has 2 aromatic rings. The van der Waals surface area contributed by atoms with Gasteiger partial charge in [0, 0.05) is 22.1 Å². The van der Waals surface area contributed by atoms with Crippen molar-refractivity contribution >= 4 is 33.8 Å². The summed E-state index contributed by atoms with van der Waals surface area (Å²) in [5, 5.41) is 15.2. The lowest BCUT2D eigenvalue weighted by atomic mass is 9.88. The molecule has 0 aliphatic carbocycles. The average Bonchev–Trinajstić information content (AvgIpc) is 3.13. The Kier molecular flexibility index (Phi) is 4.26. The monoisotopic (exact) mass is 445 g/mol. The molecule has 4 amide bonds. The smallest absolute Gasteiger partial charge is 0.322 e. The summed E-state index contributed by atoms with van der Waals surface area (Å²) in [6.45, 7) is 0.141. The van der Waals surface area contributed by atoms with Crippen LogP contribution in [0.4, 0.5) is 4.79 Å². The molecule has 2 aromatic carbocycles. The normalized spacial score (nSPS) is 20.8. The molecular weight excluding hydrogens is 430 g/mol. The zero-order valence-corrected chi connectivity index (χ0v) is 16.4. The quantitative estimate of drug-likeness (QED) is 0.622. The fourth-order valence-corrected chi connectivity index (χ4v) is 3.97. The minimum absolute atomic E-state index is 0.135. The number of amides is 4. The molecule has 28 heavy (non-hydrogen) atoms. The van der Waals surface area contributed by atoms with Crippen molar-refractivity contribution in [2.24, 2.45) is 0 Å². The number of hydrogen-bond acceptors (Lipinski definition) is 5. The summed E-state index contributed by atoms with van der Waals surface area (Å²) in [5.41, 5.74) is -0.124. The second kappa shape index (κ2) is 6.52. The highest BCUT2D eigenvalue weighted by molar-refractivity contribution is 9.10. The van der Waals surface area contributed by atoms with Crippen LogP contribution >= 0.6 is 15.9 Å². The number of hydrogen-bond donors (Lipinski definition) is 3. The van der Waals surface area contributed by atoms with E-state index in [0.717, 1.165) is 5.56 Å². The molecule has 0 radical (unpaired) electrons. The molecule has 1 saturated heterocycles. The van der Waals surface area contributed by atoms with Crippen LogP contribution in [0.15, 0.2) is 40.9 Å². The van der Waals surface area contributed by atoms with Crippen molar-refractivity contribution in [1.29, 1.82) is 0 Å². The van der Waals surface area contributed by atoms with E-state index in [2.05, 4.69) is 26.6 Å². The third-order valence-corrected chi connectivity index (χ3v) is 5.48. The molecule has 144 valence electrons. The fraction of sp³-hybridized carbons (Fsp3) is 0.211. The Hall–Kier alpha value is -3.07. The Morgan fingerprint density at radius 3 is 2.68 bits per heavy atom. The summed E-state index contributed by atoms with van der Waals surface area (Å²) in [4.78, 5) is 39.1. The van der Waals surface area contributed by atoms with Crippen molar-refractivity contribution in [3.8, 4) is 11.5 Å². The summed E-state index contributed by atoms with van der Waals surface area (Å²) in [7, 11) is 1.52. The van der Waals surface area contributed by atoms with Gasteiger partial charge in [-0.15, -0.1) is 0 Å². The summed E-state index contributed by atoms with van der Waals surface area (Å²) in [5.74, 6) is -0.518. The lowest BCUT2D eigenvalue weighted by Gasteiger charge is -2.31. The molecule has 9 heteroatoms. The molecule has 0 aromatic heterocycles. The maximum atomic E-state index is 12.9. The summed E-state index contributed by atoms with van der Waals surface area (Å²) in [6, 6.07) is 9.11. The number of methoxy groups -OCH3 is 1. The van der Waals surface area contributed by atoms with Crippen molar-refractivity contribution in [2.45, 2.75) is 12.1 Å². The highest BCUT2D eigenvalue weighted by Crippen LogP contribution is 2.37. The number of aromatic hydroxyl groups is 1. The fourth-order valence-electron chi connectivity index (χ4n) is 3.61. The number of benzene rings is 2. The van der Waals surface area contributed by atoms with Gasteiger partial charge in [-0.2, -0.15) is 0 Å². The average molecular weight is 446 g/mol. The van der Waals surface area contributed by atoms with Crippen molar-refractivity contribution in [1.82, 2.24) is 15.5 Å². The molecule has 4 rings (SSSR count). The van der Waals surface area contributed by atoms with Gasteiger partial charge in [0.25, 0.3) is 11.8 Å². The SMILES string of the molecule is COc1ccc2c(c1)C(=O)N(C[C@@]1(c3cc(Br)ccc3O)NC(=O)NC1=O)C2. The van der Waals surface area contributed by atoms with E-state index in [9.17, 15) is 19.5 Å². The number of rotatable bonds is 4. The first-order valence-corrected chi connectivity index (χ1v) is 9.22. The van der Waals surface area contributed by atoms with Gasteiger partial charge in [0.1, 0.15) is 11.5 Å². The Morgan fingerprint density at radius 2 is 2.00 bits per heavy atom. The predicted molar refractivity (Wildman–Crippen MR) is 102 cm³/mol. The van der Waals surface area contributed by atoms with Crippen LogP contribution in [0.5, 0.6) is 11.5 Å². The Morgan fingerprint density at radius 1 is 1.21 bits per heavy atom. The molecule has 0 unspecified atom stereocenters. The second-order valence-electron chi connectivity index (χ2n) is 6.66. The van der Waals surface area contributed by atoms with Crippen LogP contribution in [-0.2, 0) is 16.9 Å². The Labute approximate surface area is 168 Å². The molecule has 2 aliphatic heterocycles. The maximum absolute atomic E-state index is 12.9. The number of fused-ring (bicyclic) bond motifs is 1. The van der Waals surface area contributed by atoms with Gasteiger partial charge >= 0.3 is 6.03 Å². The largest absolute Gasteiger partial charge is 0.508 e. The molecule has 0 bridgehead atoms. The molecule has 8 nitrogen and oxygen atoms in total. The third-order valence-electron chi connectivity index (χ3n) is 4.98. The number of urea groups is 1. The zero-order valence-electron chi connectivity index (χ0n) is 14.8. The molecule has 0 spiro atoms. The van der Waals surface area contributed by atoms with Crippen LogP contribution in [0.3, 0.4) is 0 Å². The summed E-state index contributed by atoms with van der Waals surface area (Å²) >= 11 is 3.32. The van der Waals surface area contributed by atoms with Gasteiger partial charge in [0.05, 0.1) is 13.7 Å². The molecular formula is C19H16BrN3O5. The van der Waals surface area contributed by atoms with Gasteiger partial charge in [0.2, 0.25) is 0 Å². The number of phenols is 1. The molecule has 2 aliphatic rings. The van der Waals surface area contributed by atoms with E-state index in [4.69, 9.17) is 4.74 Å². The molecule has 1 atom stereocenters. The number of carbonyl (C=O) groups excluding carboxylic acids is 3. The number of halogens is 1. The van der Waals surface area contributed by atoms with E-state index in [0.29, 0.717) is 15.8 Å². The molecule has 0 saturated carbocycles. The number of ether oxygens (including phenoxy) is 1. The minimum atomic E-state index is -1.60. The maximum Gasteiger partial charge on any atom is 0.322 e. The van der Waals surface area contributed by atoms with Crippen molar-refractivity contribution in [2.75, 3.05) is 13.7 Å². The first-order chi connectivity index (χ1) is 13.3. The zero-order chi connectivity index (χ0) is 20.1. The first kappa shape index (κ1) is 18.3. The van der Waals surface area contributed by atoms with Crippen molar-refractivity contribution in [3.05, 3.63) is 57.6 Å². The molecule has 1 fully saturated rings. The van der Waals surface area contributed by atoms with Crippen molar-refractivity contribution in [3.63, 3.8) is 0 Å². The van der Waals surface area contributed by atoms with E-state index in [1.54, 1.807) is 30.3 Å². The number of carbonyl (C=O) groups is 3.